The molecule has 0 amide bonds. The summed E-state index contributed by atoms with van der Waals surface area (Å²) in [6.07, 6.45) is 20.6. The van der Waals surface area contributed by atoms with Crippen LogP contribution < -0.4 is 0 Å². The van der Waals surface area contributed by atoms with Crippen LogP contribution in [0.15, 0.2) is 52.0 Å². The Morgan fingerprint density at radius 1 is 0.757 bits per heavy atom. The molecule has 0 saturated heterocycles. The molecule has 0 unspecified atom stereocenters. The third-order valence-corrected chi connectivity index (χ3v) is 70.5. The van der Waals surface area contributed by atoms with Crippen molar-refractivity contribution in [3.63, 3.8) is 0 Å². The summed E-state index contributed by atoms with van der Waals surface area (Å²) in [6, 6.07) is 4.52. The molecule has 0 heterocycles. The first kappa shape index (κ1) is 39.7. The van der Waals surface area contributed by atoms with Crippen LogP contribution in [0.25, 0.3) is 0 Å². The molecule has 0 radical (unpaired) electrons. The molecule has 0 fully saturated rings. The summed E-state index contributed by atoms with van der Waals surface area (Å²) in [4.78, 5) is 0. The fraction of sp³-hybridized carbons (Fsp3) is 0.742. The first-order valence-electron chi connectivity index (χ1n) is 15.0. The van der Waals surface area contributed by atoms with Gasteiger partial charge in [0, 0.05) is 33.8 Å². The van der Waals surface area contributed by atoms with Crippen LogP contribution in [0.4, 0.5) is 0 Å². The predicted octanol–water partition coefficient (Wildman–Crippen LogP) is 13.0. The van der Waals surface area contributed by atoms with Crippen LogP contribution in [0.2, 0.25) is 57.4 Å². The Morgan fingerprint density at radius 2 is 1.11 bits per heavy atom. The van der Waals surface area contributed by atoms with E-state index in [0.717, 1.165) is 6.42 Å². The zero-order valence-corrected chi connectivity index (χ0v) is 32.8. The van der Waals surface area contributed by atoms with Gasteiger partial charge in [-0.3, -0.25) is 4.74 Å². The number of allylic oxidation sites excluding steroid dienone is 7. The van der Waals surface area contributed by atoms with Crippen LogP contribution in [-0.2, 0) is 21.7 Å². The van der Waals surface area contributed by atoms with Crippen LogP contribution in [0.5, 0.6) is 0 Å². The van der Waals surface area contributed by atoms with Crippen molar-refractivity contribution in [1.82, 2.24) is 0 Å². The quantitative estimate of drug-likeness (QED) is 0.105. The fourth-order valence-corrected chi connectivity index (χ4v) is 90.2. The van der Waals surface area contributed by atoms with Gasteiger partial charge in [0.25, 0.3) is 0 Å². The molecule has 0 bridgehead atoms. The molecule has 0 N–H and O–H groups in total. The van der Waals surface area contributed by atoms with E-state index in [-0.39, 0.29) is 21.7 Å². The van der Waals surface area contributed by atoms with Crippen LogP contribution >= 0.6 is 5.70 Å². The molecule has 1 aliphatic carbocycles. The zero-order valence-electron chi connectivity index (χ0n) is 27.4. The number of hydrogen-bond acceptors (Lipinski definition) is 1. The normalized spacial score (nSPS) is 15.1. The Kier molecular flexibility index (Phi) is 20.2. The van der Waals surface area contributed by atoms with Gasteiger partial charge in [0.2, 0.25) is 0 Å². The summed E-state index contributed by atoms with van der Waals surface area (Å²) in [5.41, 5.74) is 2.87. The molecule has 0 aromatic carbocycles. The van der Waals surface area contributed by atoms with Gasteiger partial charge in [0.15, 0.2) is 0 Å². The molecular formula is C31H64NPSi3Ti. The fourth-order valence-electron chi connectivity index (χ4n) is 6.34. The Labute approximate surface area is 252 Å². The minimum atomic E-state index is -1.44. The summed E-state index contributed by atoms with van der Waals surface area (Å²) >= 11 is 0. The van der Waals surface area contributed by atoms with Crippen molar-refractivity contribution >= 4 is 28.9 Å². The van der Waals surface area contributed by atoms with E-state index < -0.39 is 28.9 Å². The van der Waals surface area contributed by atoms with E-state index in [4.69, 9.17) is 4.74 Å². The molecular weight excluding hydrogens is 549 g/mol. The summed E-state index contributed by atoms with van der Waals surface area (Å²) < 4.78 is 6.08. The van der Waals surface area contributed by atoms with Crippen molar-refractivity contribution in [1.29, 1.82) is 0 Å². The Morgan fingerprint density at radius 3 is 1.35 bits per heavy atom. The van der Waals surface area contributed by atoms with E-state index >= 15 is 0 Å². The SMILES string of the molecule is CC=C(C)C(C)=CC.CCCC[Si](C)(C)P(=NC1=CC=CC1)([Si](C)(C)CCCC)[Si](C)(C)CCCC.[Ti]. The van der Waals surface area contributed by atoms with Crippen molar-refractivity contribution in [2.45, 2.75) is 151 Å². The van der Waals surface area contributed by atoms with Gasteiger partial charge >= 0.3 is 0 Å². The average molecular weight is 614 g/mol. The van der Waals surface area contributed by atoms with Gasteiger partial charge in [-0.2, -0.15) is 0 Å². The molecule has 1 aliphatic rings. The smallest absolute Gasteiger partial charge is 0.0873 e. The summed E-state index contributed by atoms with van der Waals surface area (Å²) in [5.74, 6) is 0. The number of unbranched alkanes of at least 4 members (excludes halogenated alkanes) is 3. The zero-order chi connectivity index (χ0) is 28.0. The molecule has 0 aromatic heterocycles. The molecule has 0 aliphatic heterocycles. The average Bonchev–Trinajstić information content (AvgIpc) is 3.35. The monoisotopic (exact) mass is 613 g/mol. The minimum absolute atomic E-state index is 0. The van der Waals surface area contributed by atoms with Crippen molar-refractivity contribution in [2.75, 3.05) is 0 Å². The maximum Gasteiger partial charge on any atom is 0.0873 e. The van der Waals surface area contributed by atoms with Crippen molar-refractivity contribution < 1.29 is 21.7 Å². The third-order valence-electron chi connectivity index (χ3n) is 8.57. The van der Waals surface area contributed by atoms with E-state index in [1.807, 2.05) is 0 Å². The van der Waals surface area contributed by atoms with Crippen LogP contribution in [0.3, 0.4) is 0 Å². The summed E-state index contributed by atoms with van der Waals surface area (Å²) in [7, 11) is -4.33. The van der Waals surface area contributed by atoms with Gasteiger partial charge < -0.3 is 0 Å². The predicted molar refractivity (Wildman–Crippen MR) is 182 cm³/mol. The van der Waals surface area contributed by atoms with E-state index in [0.29, 0.717) is 0 Å². The summed E-state index contributed by atoms with van der Waals surface area (Å²) in [6.45, 7) is 32.2. The van der Waals surface area contributed by atoms with Gasteiger partial charge in [-0.15, -0.1) is 0 Å². The number of nitrogens with zero attached hydrogens (tertiary/aromatic N) is 1. The standard InChI is InChI=1S/C23H50NPSi3.C8H14.Ti/c1-10-13-20-26(4,5)25(24-23-18-16-17-19-23,27(6,7)21-14-11-2)28(8,9)22-15-12-3;1-5-7(3)8(4)6-2;/h16-18H,10-15,19-22H2,1-9H3;5-6H,1-4H3;. The van der Waals surface area contributed by atoms with Crippen LogP contribution in [0, 0.1) is 0 Å². The van der Waals surface area contributed by atoms with Crippen molar-refractivity contribution in [3.05, 3.63) is 47.2 Å². The topological polar surface area (TPSA) is 12.4 Å². The molecule has 6 heteroatoms. The molecule has 1 nitrogen and oxygen atoms in total. The molecule has 0 aromatic rings. The van der Waals surface area contributed by atoms with Crippen molar-refractivity contribution in [3.8, 4) is 0 Å². The van der Waals surface area contributed by atoms with Crippen LogP contribution in [-0.4, -0.2) is 23.2 Å². The second-order valence-electron chi connectivity index (χ2n) is 12.7. The Hall–Kier alpha value is 0.555. The van der Waals surface area contributed by atoms with Gasteiger partial charge in [0.1, 0.15) is 0 Å². The Bertz CT molecular complexity index is 762. The minimum Gasteiger partial charge on any atom is -0.283 e. The molecule has 0 saturated carbocycles. The van der Waals surface area contributed by atoms with Crippen LogP contribution in [0.1, 0.15) is 93.4 Å². The second kappa shape index (κ2) is 18.8. The first-order chi connectivity index (χ1) is 16.7. The molecule has 214 valence electrons. The first-order valence-corrected chi connectivity index (χ1v) is 28.9. The summed E-state index contributed by atoms with van der Waals surface area (Å²) in [5, 5.41) is 0. The largest absolute Gasteiger partial charge is 0.283 e. The molecule has 0 atom stereocenters. The van der Waals surface area contributed by atoms with E-state index in [2.05, 4.69) is 118 Å². The van der Waals surface area contributed by atoms with E-state index in [1.54, 1.807) is 0 Å². The third kappa shape index (κ3) is 11.2. The maximum atomic E-state index is 6.08. The molecule has 0 spiro atoms. The maximum absolute atomic E-state index is 6.08. The van der Waals surface area contributed by atoms with Gasteiger partial charge in [0.05, 0.1) is 23.2 Å². The number of rotatable bonds is 14. The van der Waals surface area contributed by atoms with E-state index in [1.165, 1.54) is 73.5 Å². The van der Waals surface area contributed by atoms with Gasteiger partial charge in [-0.05, 0) is 33.8 Å². The second-order valence-corrected chi connectivity index (χ2v) is 47.3. The number of hydrogen-bond donors (Lipinski definition) is 0. The van der Waals surface area contributed by atoms with Crippen molar-refractivity contribution in [2.24, 2.45) is 4.74 Å². The van der Waals surface area contributed by atoms with Gasteiger partial charge in [-0.1, -0.05) is 158 Å². The van der Waals surface area contributed by atoms with E-state index in [9.17, 15) is 0 Å². The molecule has 37 heavy (non-hydrogen) atoms. The molecule has 1 rings (SSSR count). The van der Waals surface area contributed by atoms with Gasteiger partial charge in [-0.25, -0.2) is 0 Å². The Balaban J connectivity index is 0.